The van der Waals surface area contributed by atoms with Crippen LogP contribution in [0.4, 0.5) is 25.2 Å². The van der Waals surface area contributed by atoms with Gasteiger partial charge in [0.2, 0.25) is 5.91 Å². The van der Waals surface area contributed by atoms with Gasteiger partial charge in [-0.2, -0.15) is 0 Å². The number of aromatic amines is 2. The molecule has 2 atom stereocenters. The Morgan fingerprint density at radius 1 is 0.788 bits per heavy atom. The van der Waals surface area contributed by atoms with E-state index in [1.54, 1.807) is 48.7 Å². The van der Waals surface area contributed by atoms with Crippen LogP contribution in [-0.2, 0) is 19.1 Å². The fourth-order valence-electron chi connectivity index (χ4n) is 7.88. The van der Waals surface area contributed by atoms with Crippen molar-refractivity contribution in [3.05, 3.63) is 71.0 Å². The predicted octanol–water partition coefficient (Wildman–Crippen LogP) is 7.90. The lowest BCUT2D eigenvalue weighted by molar-refractivity contribution is -0.143. The van der Waals surface area contributed by atoms with Crippen LogP contribution in [0.15, 0.2) is 49.3 Å². The highest BCUT2D eigenvalue weighted by molar-refractivity contribution is 6.31. The molecule has 6 aromatic heterocycles. The molecule has 4 N–H and O–H groups in total. The average molecular weight is 946 g/mol. The Bertz CT molecular complexity index is 2710. The Labute approximate surface area is 388 Å². The van der Waals surface area contributed by atoms with E-state index < -0.39 is 17.7 Å². The van der Waals surface area contributed by atoms with Gasteiger partial charge in [0.05, 0.1) is 29.0 Å². The van der Waals surface area contributed by atoms with Crippen molar-refractivity contribution in [3.8, 4) is 35.1 Å². The highest BCUT2D eigenvalue weighted by Gasteiger charge is 2.26. The van der Waals surface area contributed by atoms with Gasteiger partial charge in [0.1, 0.15) is 11.3 Å². The summed E-state index contributed by atoms with van der Waals surface area (Å²) in [6.45, 7) is 5.36. The average Bonchev–Trinajstić information content (AvgIpc) is 3.94. The quantitative estimate of drug-likeness (QED) is 0.0606. The van der Waals surface area contributed by atoms with Gasteiger partial charge < -0.3 is 39.9 Å². The van der Waals surface area contributed by atoms with Gasteiger partial charge in [-0.05, 0) is 63.0 Å². The molecule has 21 heteroatoms. The zero-order chi connectivity index (χ0) is 46.6. The summed E-state index contributed by atoms with van der Waals surface area (Å²) in [5.41, 5.74) is 2.63. The minimum atomic E-state index is -0.555. The van der Waals surface area contributed by atoms with Crippen LogP contribution in [0, 0.1) is 35.8 Å². The molecular formula is C45H48Cl2F2N12O5. The normalized spacial score (nSPS) is 16.0. The second-order valence-corrected chi connectivity index (χ2v) is 16.6. The topological polar surface area (TPSA) is 209 Å². The minimum Gasteiger partial charge on any atom is -0.466 e. The van der Waals surface area contributed by atoms with E-state index in [0.717, 1.165) is 48.8 Å². The van der Waals surface area contributed by atoms with E-state index in [-0.39, 0.29) is 48.4 Å². The van der Waals surface area contributed by atoms with Gasteiger partial charge in [-0.3, -0.25) is 9.59 Å². The van der Waals surface area contributed by atoms with Crippen LogP contribution in [0.5, 0.6) is 0 Å². The summed E-state index contributed by atoms with van der Waals surface area (Å²) in [5.74, 6) is 2.12. The third-order valence-electron chi connectivity index (χ3n) is 11.1. The number of hydrogen-bond acceptors (Lipinski definition) is 13. The number of carbonyl (C=O) groups is 3. The lowest BCUT2D eigenvalue weighted by Gasteiger charge is -2.33. The minimum absolute atomic E-state index is 0.0288. The first-order chi connectivity index (χ1) is 32.0. The molecule has 66 heavy (non-hydrogen) atoms. The zero-order valence-electron chi connectivity index (χ0n) is 36.1. The largest absolute Gasteiger partial charge is 0.466 e. The number of hydrogen-bond donors (Lipinski definition) is 4. The summed E-state index contributed by atoms with van der Waals surface area (Å²) in [6.07, 6.45) is 18.0. The van der Waals surface area contributed by atoms with Crippen molar-refractivity contribution in [3.63, 3.8) is 0 Å². The lowest BCUT2D eigenvalue weighted by Crippen LogP contribution is -2.42. The number of likely N-dealkylation sites (tertiary alicyclic amines) is 2. The predicted molar refractivity (Wildman–Crippen MR) is 245 cm³/mol. The van der Waals surface area contributed by atoms with Crippen LogP contribution in [0.1, 0.15) is 51.9 Å². The molecule has 2 unspecified atom stereocenters. The number of nitrogens with zero attached hydrogens (tertiary/aromatic N) is 8. The second-order valence-electron chi connectivity index (χ2n) is 15.8. The number of amides is 2. The summed E-state index contributed by atoms with van der Waals surface area (Å²) < 4.78 is 38.7. The van der Waals surface area contributed by atoms with Crippen LogP contribution >= 0.6 is 23.2 Å². The van der Waals surface area contributed by atoms with Crippen molar-refractivity contribution in [2.45, 2.75) is 51.9 Å². The molecular weight excluding hydrogens is 897 g/mol. The van der Waals surface area contributed by atoms with Gasteiger partial charge in [-0.15, -0.1) is 6.42 Å². The Hall–Kier alpha value is -6.65. The molecule has 17 nitrogen and oxygen atoms in total. The highest BCUT2D eigenvalue weighted by atomic mass is 35.5. The SMILES string of the molecule is C#CCOC(=O)N1CCCC(CNc2nc(-c3c[nH]c4ncc(Cl)cc34)ncc2F)C1.CCOC(=O)CCCC(=O)N1CCCC(CNc2nc(-c3c[nH]c4ncc(Cl)cc34)ncc2F)C1. The highest BCUT2D eigenvalue weighted by Crippen LogP contribution is 2.30. The first kappa shape index (κ1) is 47.3. The molecule has 6 aromatic rings. The molecule has 0 aromatic carbocycles. The summed E-state index contributed by atoms with van der Waals surface area (Å²) >= 11 is 12.1. The van der Waals surface area contributed by atoms with Crippen molar-refractivity contribution in [1.82, 2.24) is 49.7 Å². The number of pyridine rings is 2. The van der Waals surface area contributed by atoms with Crippen LogP contribution in [0.3, 0.4) is 0 Å². The summed E-state index contributed by atoms with van der Waals surface area (Å²) in [5, 5.41) is 8.62. The van der Waals surface area contributed by atoms with E-state index >= 15 is 0 Å². The molecule has 0 radical (unpaired) electrons. The molecule has 0 bridgehead atoms. The molecule has 2 aliphatic rings. The number of piperidine rings is 2. The standard InChI is InChI=1S/C24H28ClFN6O3.C21H20ClFN6O2/c1-2-35-21(34)7-3-6-20(33)32-8-4-5-15(14-32)10-27-24-19(26)13-30-23(31-24)18-12-29-22-17(18)9-16(25)11-28-22;1-2-6-31-21(30)29-5-3-4-13(12-29)8-24-20-17(23)11-27-19(28-20)16-10-26-18-15(16)7-14(22)9-25-18/h9,11-13,15H,2-8,10,14H2,1H3,(H,28,29)(H,27,30,31);1,7,9-11,13H,3-6,8,12H2,(H,25,26)(H,24,27,28). The number of anilines is 2. The fourth-order valence-corrected chi connectivity index (χ4v) is 8.19. The Balaban J connectivity index is 0.000000198. The maximum Gasteiger partial charge on any atom is 0.410 e. The smallest absolute Gasteiger partial charge is 0.410 e. The summed E-state index contributed by atoms with van der Waals surface area (Å²) in [4.78, 5) is 71.1. The van der Waals surface area contributed by atoms with Gasteiger partial charge in [0, 0.05) is 98.8 Å². The Morgan fingerprint density at radius 2 is 1.32 bits per heavy atom. The molecule has 2 saturated heterocycles. The Morgan fingerprint density at radius 3 is 1.85 bits per heavy atom. The molecule has 0 aliphatic carbocycles. The third kappa shape index (κ3) is 12.2. The van der Waals surface area contributed by atoms with Crippen molar-refractivity contribution < 1.29 is 32.6 Å². The summed E-state index contributed by atoms with van der Waals surface area (Å²) in [7, 11) is 0. The molecule has 2 aliphatic heterocycles. The molecule has 8 heterocycles. The first-order valence-corrected chi connectivity index (χ1v) is 22.3. The third-order valence-corrected chi connectivity index (χ3v) is 11.5. The molecule has 2 fully saturated rings. The van der Waals surface area contributed by atoms with E-state index in [4.69, 9.17) is 39.1 Å². The van der Waals surface area contributed by atoms with Crippen molar-refractivity contribution in [2.24, 2.45) is 11.8 Å². The maximum atomic E-state index is 14.5. The number of fused-ring (bicyclic) bond motifs is 2. The van der Waals surface area contributed by atoms with Gasteiger partial charge in [0.15, 0.2) is 41.5 Å². The Kier molecular flexibility index (Phi) is 16.1. The maximum absolute atomic E-state index is 14.5. The van der Waals surface area contributed by atoms with E-state index in [9.17, 15) is 23.2 Å². The number of H-pyrrole nitrogens is 2. The first-order valence-electron chi connectivity index (χ1n) is 21.6. The number of halogens is 4. The fraction of sp³-hybridized carbons (Fsp3) is 0.400. The molecule has 346 valence electrons. The van der Waals surface area contributed by atoms with Gasteiger partial charge in [-0.1, -0.05) is 29.1 Å². The molecule has 8 rings (SSSR count). The molecule has 2 amide bonds. The van der Waals surface area contributed by atoms with Gasteiger partial charge in [-0.25, -0.2) is 43.5 Å². The van der Waals surface area contributed by atoms with Crippen LogP contribution in [0.25, 0.3) is 44.8 Å². The van der Waals surface area contributed by atoms with Gasteiger partial charge in [0.25, 0.3) is 0 Å². The van der Waals surface area contributed by atoms with Crippen LogP contribution in [0.2, 0.25) is 10.0 Å². The lowest BCUT2D eigenvalue weighted by atomic mass is 9.97. The molecule has 0 spiro atoms. The van der Waals surface area contributed by atoms with Crippen LogP contribution < -0.4 is 10.6 Å². The number of esters is 1. The van der Waals surface area contributed by atoms with Crippen molar-refractivity contribution >= 4 is 74.9 Å². The van der Waals surface area contributed by atoms with E-state index in [1.165, 1.54) is 0 Å². The van der Waals surface area contributed by atoms with E-state index in [1.807, 2.05) is 4.90 Å². The second kappa shape index (κ2) is 22.5. The van der Waals surface area contributed by atoms with Crippen molar-refractivity contribution in [1.29, 1.82) is 0 Å². The zero-order valence-corrected chi connectivity index (χ0v) is 37.6. The number of carbonyl (C=O) groups excluding carboxylic acids is 3. The number of aromatic nitrogens is 8. The van der Waals surface area contributed by atoms with Crippen molar-refractivity contribution in [2.75, 3.05) is 63.1 Å². The number of ether oxygens (including phenoxy) is 2. The molecule has 0 saturated carbocycles. The van der Waals surface area contributed by atoms with E-state index in [0.29, 0.717) is 103 Å². The number of rotatable bonds is 14. The number of nitrogens with one attached hydrogen (secondary N) is 4. The van der Waals surface area contributed by atoms with Gasteiger partial charge >= 0.3 is 12.1 Å². The monoisotopic (exact) mass is 944 g/mol. The van der Waals surface area contributed by atoms with E-state index in [2.05, 4.69) is 56.4 Å². The summed E-state index contributed by atoms with van der Waals surface area (Å²) in [6, 6.07) is 3.52. The van der Waals surface area contributed by atoms with Crippen LogP contribution in [-0.4, -0.2) is 120 Å². The number of terminal acetylenes is 1.